The van der Waals surface area contributed by atoms with E-state index in [0.717, 1.165) is 0 Å². The van der Waals surface area contributed by atoms with Crippen molar-refractivity contribution in [2.75, 3.05) is 5.75 Å². The molecule has 0 spiro atoms. The number of thiol groups is 1. The summed E-state index contributed by atoms with van der Waals surface area (Å²) in [6.45, 7) is 0. The van der Waals surface area contributed by atoms with Gasteiger partial charge in [-0.05, 0) is 18.2 Å². The highest BCUT2D eigenvalue weighted by Gasteiger charge is 2.21. The van der Waals surface area contributed by atoms with E-state index >= 15 is 0 Å². The molecular weight excluding hydrogens is 257 g/mol. The molecule has 0 saturated carbocycles. The maximum Gasteiger partial charge on any atom is 0.135 e. The van der Waals surface area contributed by atoms with E-state index in [4.69, 9.17) is 23.2 Å². The average Bonchev–Trinajstić information content (AvgIpc) is 2.21. The van der Waals surface area contributed by atoms with Crippen LogP contribution in [-0.4, -0.2) is 27.1 Å². The van der Waals surface area contributed by atoms with Gasteiger partial charge in [-0.3, -0.25) is 0 Å². The van der Waals surface area contributed by atoms with Gasteiger partial charge in [0, 0.05) is 11.8 Å². The van der Waals surface area contributed by atoms with Gasteiger partial charge in [-0.25, -0.2) is 4.98 Å². The molecule has 1 rings (SSSR count). The standard InChI is InChI=1S/C9H11Cl2NO2S/c10-5-3-6(9(11)12-4-5)8(14)7(13)1-2-15/h3-4,7-8,13-15H,1-2H2. The van der Waals surface area contributed by atoms with E-state index in [-0.39, 0.29) is 5.15 Å². The third-order valence-electron chi connectivity index (χ3n) is 1.94. The Labute approximate surface area is 103 Å². The topological polar surface area (TPSA) is 53.4 Å². The number of nitrogens with zero attached hydrogens (tertiary/aromatic N) is 1. The van der Waals surface area contributed by atoms with Crippen molar-refractivity contribution >= 4 is 35.8 Å². The number of aromatic nitrogens is 1. The second-order valence-electron chi connectivity index (χ2n) is 3.06. The van der Waals surface area contributed by atoms with Crippen molar-refractivity contribution in [3.05, 3.63) is 28.0 Å². The molecule has 2 N–H and O–H groups in total. The lowest BCUT2D eigenvalue weighted by molar-refractivity contribution is 0.0171. The first kappa shape index (κ1) is 13.1. The van der Waals surface area contributed by atoms with Gasteiger partial charge >= 0.3 is 0 Å². The Bertz CT molecular complexity index is 338. The van der Waals surface area contributed by atoms with E-state index < -0.39 is 12.2 Å². The SMILES string of the molecule is OC(CCS)C(O)c1cc(Cl)cnc1Cl. The van der Waals surface area contributed by atoms with Crippen LogP contribution in [0, 0.1) is 0 Å². The average molecular weight is 268 g/mol. The van der Waals surface area contributed by atoms with Crippen molar-refractivity contribution in [2.45, 2.75) is 18.6 Å². The fourth-order valence-electron chi connectivity index (χ4n) is 1.14. The fourth-order valence-corrected chi connectivity index (χ4v) is 1.79. The van der Waals surface area contributed by atoms with E-state index in [1.807, 2.05) is 0 Å². The summed E-state index contributed by atoms with van der Waals surface area (Å²) in [6, 6.07) is 1.49. The summed E-state index contributed by atoms with van der Waals surface area (Å²) in [4.78, 5) is 3.79. The Morgan fingerprint density at radius 2 is 2.07 bits per heavy atom. The lowest BCUT2D eigenvalue weighted by Crippen LogP contribution is -2.19. The largest absolute Gasteiger partial charge is 0.390 e. The molecular formula is C9H11Cl2NO2S. The first-order valence-electron chi connectivity index (χ1n) is 4.34. The van der Waals surface area contributed by atoms with Crippen LogP contribution in [0.3, 0.4) is 0 Å². The quantitative estimate of drug-likeness (QED) is 0.579. The minimum absolute atomic E-state index is 0.144. The first-order chi connectivity index (χ1) is 7.06. The normalized spacial score (nSPS) is 15.0. The Balaban J connectivity index is 2.89. The molecule has 1 aromatic rings. The van der Waals surface area contributed by atoms with Gasteiger partial charge in [0.05, 0.1) is 11.1 Å². The van der Waals surface area contributed by atoms with Gasteiger partial charge in [0.15, 0.2) is 0 Å². The molecule has 0 aliphatic rings. The number of aliphatic hydroxyl groups excluding tert-OH is 2. The lowest BCUT2D eigenvalue weighted by Gasteiger charge is -2.18. The van der Waals surface area contributed by atoms with Crippen LogP contribution in [0.15, 0.2) is 12.3 Å². The molecule has 0 aromatic carbocycles. The van der Waals surface area contributed by atoms with E-state index in [9.17, 15) is 10.2 Å². The van der Waals surface area contributed by atoms with Crippen LogP contribution in [0.4, 0.5) is 0 Å². The van der Waals surface area contributed by atoms with Gasteiger partial charge < -0.3 is 10.2 Å². The maximum absolute atomic E-state index is 9.76. The third-order valence-corrected chi connectivity index (χ3v) is 2.72. The zero-order chi connectivity index (χ0) is 11.4. The maximum atomic E-state index is 9.76. The molecule has 2 atom stereocenters. The van der Waals surface area contributed by atoms with Gasteiger partial charge in [0.2, 0.25) is 0 Å². The molecule has 0 bridgehead atoms. The molecule has 2 unspecified atom stereocenters. The number of hydrogen-bond donors (Lipinski definition) is 3. The van der Waals surface area contributed by atoms with Crippen molar-refractivity contribution in [3.63, 3.8) is 0 Å². The summed E-state index contributed by atoms with van der Waals surface area (Å²) in [5.41, 5.74) is 0.332. The van der Waals surface area contributed by atoms with Crippen molar-refractivity contribution in [3.8, 4) is 0 Å². The predicted octanol–water partition coefficient (Wildman–Crippen LogP) is 2.10. The van der Waals surface area contributed by atoms with Gasteiger partial charge in [0.1, 0.15) is 11.3 Å². The summed E-state index contributed by atoms with van der Waals surface area (Å²) in [6.07, 6.45) is -0.255. The Morgan fingerprint density at radius 3 is 2.67 bits per heavy atom. The third kappa shape index (κ3) is 3.50. The monoisotopic (exact) mass is 267 g/mol. The molecule has 0 saturated heterocycles. The lowest BCUT2D eigenvalue weighted by atomic mass is 10.0. The highest BCUT2D eigenvalue weighted by molar-refractivity contribution is 7.80. The van der Waals surface area contributed by atoms with Crippen LogP contribution in [0.1, 0.15) is 18.1 Å². The number of halogens is 2. The summed E-state index contributed by atoms with van der Waals surface area (Å²) >= 11 is 15.5. The molecule has 0 aliphatic heterocycles. The van der Waals surface area contributed by atoms with Crippen LogP contribution < -0.4 is 0 Å². The van der Waals surface area contributed by atoms with E-state index in [2.05, 4.69) is 17.6 Å². The van der Waals surface area contributed by atoms with Gasteiger partial charge in [-0.15, -0.1) is 0 Å². The van der Waals surface area contributed by atoms with E-state index in [0.29, 0.717) is 22.8 Å². The van der Waals surface area contributed by atoms with E-state index in [1.165, 1.54) is 12.3 Å². The molecule has 3 nitrogen and oxygen atoms in total. The number of rotatable bonds is 4. The molecule has 0 aliphatic carbocycles. The minimum Gasteiger partial charge on any atom is -0.390 e. The Hall–Kier alpha value is -0.0000000000000000555. The van der Waals surface area contributed by atoms with Gasteiger partial charge in [0.25, 0.3) is 0 Å². The predicted molar refractivity (Wildman–Crippen MR) is 63.7 cm³/mol. The molecule has 0 amide bonds. The second kappa shape index (κ2) is 5.92. The Morgan fingerprint density at radius 1 is 1.40 bits per heavy atom. The van der Waals surface area contributed by atoms with E-state index in [1.54, 1.807) is 0 Å². The highest BCUT2D eigenvalue weighted by Crippen LogP contribution is 2.27. The number of hydrogen-bond acceptors (Lipinski definition) is 4. The van der Waals surface area contributed by atoms with Gasteiger partial charge in [-0.2, -0.15) is 12.6 Å². The van der Waals surface area contributed by atoms with Crippen LogP contribution in [0.25, 0.3) is 0 Å². The van der Waals surface area contributed by atoms with Crippen molar-refractivity contribution in [2.24, 2.45) is 0 Å². The summed E-state index contributed by atoms with van der Waals surface area (Å²) in [5, 5.41) is 19.8. The number of aliphatic hydroxyl groups is 2. The molecule has 1 aromatic heterocycles. The number of pyridine rings is 1. The first-order valence-corrected chi connectivity index (χ1v) is 5.73. The molecule has 0 radical (unpaired) electrons. The van der Waals surface area contributed by atoms with Crippen molar-refractivity contribution < 1.29 is 10.2 Å². The van der Waals surface area contributed by atoms with Crippen LogP contribution in [-0.2, 0) is 0 Å². The highest BCUT2D eigenvalue weighted by atomic mass is 35.5. The zero-order valence-electron chi connectivity index (χ0n) is 7.77. The fraction of sp³-hybridized carbons (Fsp3) is 0.444. The van der Waals surface area contributed by atoms with Crippen LogP contribution in [0.5, 0.6) is 0 Å². The summed E-state index contributed by atoms with van der Waals surface area (Å²) in [7, 11) is 0. The molecule has 1 heterocycles. The minimum atomic E-state index is -1.09. The molecule has 6 heteroatoms. The summed E-state index contributed by atoms with van der Waals surface area (Å²) in [5.74, 6) is 0.476. The van der Waals surface area contributed by atoms with Crippen LogP contribution >= 0.6 is 35.8 Å². The molecule has 15 heavy (non-hydrogen) atoms. The Kier molecular flexibility index (Phi) is 5.15. The zero-order valence-corrected chi connectivity index (χ0v) is 10.2. The molecule has 84 valence electrons. The van der Waals surface area contributed by atoms with Crippen molar-refractivity contribution in [1.82, 2.24) is 4.98 Å². The van der Waals surface area contributed by atoms with Gasteiger partial charge in [-0.1, -0.05) is 23.2 Å². The second-order valence-corrected chi connectivity index (χ2v) is 4.30. The summed E-state index contributed by atoms with van der Waals surface area (Å²) < 4.78 is 0. The smallest absolute Gasteiger partial charge is 0.135 e. The van der Waals surface area contributed by atoms with Crippen molar-refractivity contribution in [1.29, 1.82) is 0 Å². The van der Waals surface area contributed by atoms with Crippen LogP contribution in [0.2, 0.25) is 10.2 Å². The molecule has 0 fully saturated rings.